The maximum Gasteiger partial charge on any atom is 0.308 e. The summed E-state index contributed by atoms with van der Waals surface area (Å²) in [6.45, 7) is 0.666. The minimum atomic E-state index is -0.330. The van der Waals surface area contributed by atoms with Gasteiger partial charge in [0.05, 0.1) is 25.7 Å². The number of hydrogen-bond donors (Lipinski definition) is 1. The van der Waals surface area contributed by atoms with Crippen LogP contribution in [0, 0.1) is 0 Å². The van der Waals surface area contributed by atoms with Gasteiger partial charge in [0.25, 0.3) is 0 Å². The van der Waals surface area contributed by atoms with Crippen LogP contribution in [0.5, 0.6) is 0 Å². The lowest BCUT2D eigenvalue weighted by Crippen LogP contribution is -2.54. The molecule has 2 aliphatic heterocycles. The third-order valence-electron chi connectivity index (χ3n) is 8.19. The number of benzene rings is 1. The number of fused-ring (bicyclic) bond motifs is 3. The Morgan fingerprint density at radius 1 is 1.09 bits per heavy atom. The van der Waals surface area contributed by atoms with E-state index in [0.717, 1.165) is 52.8 Å². The van der Waals surface area contributed by atoms with Crippen LogP contribution in [0.25, 0.3) is 11.1 Å². The third kappa shape index (κ3) is 4.34. The maximum atomic E-state index is 11.8. The number of esters is 1. The highest BCUT2D eigenvalue weighted by Crippen LogP contribution is 2.51. The molecule has 2 bridgehead atoms. The summed E-state index contributed by atoms with van der Waals surface area (Å²) in [5.74, 6) is 1.19. The second-order valence-electron chi connectivity index (χ2n) is 10.2. The predicted octanol–water partition coefficient (Wildman–Crippen LogP) is 5.76. The van der Waals surface area contributed by atoms with Crippen molar-refractivity contribution in [2.75, 3.05) is 19.0 Å². The molecule has 2 aliphatic carbocycles. The van der Waals surface area contributed by atoms with E-state index in [1.165, 1.54) is 31.9 Å². The van der Waals surface area contributed by atoms with Crippen molar-refractivity contribution in [3.8, 4) is 11.1 Å². The largest absolute Gasteiger partial charge is 0.469 e. The van der Waals surface area contributed by atoms with Crippen LogP contribution in [0.4, 0.5) is 10.9 Å². The fraction of sp³-hybridized carbons (Fsp3) is 0.481. The SMILES string of the molecule is COC(=O)CC12CCC(c3ccc(-c4ccc(Nc5nnc(C6CCC6)s5)nc4)cc3)(CC1)CO2. The van der Waals surface area contributed by atoms with Crippen LogP contribution in [-0.4, -0.2) is 40.5 Å². The van der Waals surface area contributed by atoms with Crippen molar-refractivity contribution in [2.45, 2.75) is 68.3 Å². The first-order valence-electron chi connectivity index (χ1n) is 12.4. The van der Waals surface area contributed by atoms with E-state index in [-0.39, 0.29) is 17.0 Å². The Hall–Kier alpha value is -2.84. The first-order chi connectivity index (χ1) is 17.1. The van der Waals surface area contributed by atoms with Gasteiger partial charge in [-0.15, -0.1) is 10.2 Å². The zero-order chi connectivity index (χ0) is 23.9. The van der Waals surface area contributed by atoms with Crippen LogP contribution in [0.1, 0.15) is 67.9 Å². The van der Waals surface area contributed by atoms with Crippen LogP contribution >= 0.6 is 11.3 Å². The zero-order valence-electron chi connectivity index (χ0n) is 20.0. The average molecular weight is 491 g/mol. The molecule has 2 saturated carbocycles. The number of rotatable bonds is 7. The van der Waals surface area contributed by atoms with Gasteiger partial charge in [0.15, 0.2) is 0 Å². The van der Waals surface area contributed by atoms with Crippen molar-refractivity contribution in [2.24, 2.45) is 0 Å². The lowest BCUT2D eigenvalue weighted by Gasteiger charge is -2.53. The van der Waals surface area contributed by atoms with Gasteiger partial charge >= 0.3 is 5.97 Å². The molecule has 8 heteroatoms. The number of carbonyl (C=O) groups is 1. The molecule has 0 unspecified atom stereocenters. The van der Waals surface area contributed by atoms with Crippen molar-refractivity contribution < 1.29 is 14.3 Å². The van der Waals surface area contributed by atoms with Crippen LogP contribution < -0.4 is 5.32 Å². The molecule has 1 aromatic carbocycles. The van der Waals surface area contributed by atoms with Gasteiger partial charge in [-0.25, -0.2) is 4.98 Å². The molecule has 35 heavy (non-hydrogen) atoms. The Labute approximate surface area is 209 Å². The van der Waals surface area contributed by atoms with Gasteiger partial charge in [0.1, 0.15) is 10.8 Å². The lowest BCUT2D eigenvalue weighted by molar-refractivity contribution is -0.176. The molecule has 7 nitrogen and oxygen atoms in total. The topological polar surface area (TPSA) is 86.2 Å². The highest BCUT2D eigenvalue weighted by molar-refractivity contribution is 7.15. The number of nitrogens with one attached hydrogen (secondary N) is 1. The minimum Gasteiger partial charge on any atom is -0.469 e. The number of methoxy groups -OCH3 is 1. The Morgan fingerprint density at radius 2 is 1.86 bits per heavy atom. The van der Waals surface area contributed by atoms with Crippen LogP contribution in [0.2, 0.25) is 0 Å². The van der Waals surface area contributed by atoms with Crippen molar-refractivity contribution >= 4 is 28.3 Å². The van der Waals surface area contributed by atoms with E-state index in [0.29, 0.717) is 18.9 Å². The van der Waals surface area contributed by atoms with Crippen molar-refractivity contribution in [1.29, 1.82) is 0 Å². The predicted molar refractivity (Wildman–Crippen MR) is 135 cm³/mol. The van der Waals surface area contributed by atoms with Crippen LogP contribution in [-0.2, 0) is 19.7 Å². The molecule has 0 amide bonds. The first-order valence-corrected chi connectivity index (χ1v) is 13.3. The van der Waals surface area contributed by atoms with Gasteiger partial charge in [0.2, 0.25) is 5.13 Å². The highest BCUT2D eigenvalue weighted by atomic mass is 32.1. The quantitative estimate of drug-likeness (QED) is 0.422. The number of nitrogens with zero attached hydrogens (tertiary/aromatic N) is 3. The van der Waals surface area contributed by atoms with Crippen LogP contribution in [0.3, 0.4) is 0 Å². The molecule has 4 aliphatic rings. The van der Waals surface area contributed by atoms with E-state index in [1.54, 1.807) is 11.3 Å². The number of anilines is 2. The highest BCUT2D eigenvalue weighted by Gasteiger charge is 2.51. The Bertz CT molecular complexity index is 1180. The van der Waals surface area contributed by atoms with Gasteiger partial charge in [-0.05, 0) is 61.8 Å². The molecular formula is C27H30N4O3S. The standard InChI is InChI=1S/C27H30N4O3S/c1-33-23(32)15-27-13-11-26(12-14-27,17-34-27)21-8-5-18(6-9-21)20-7-10-22(28-16-20)29-25-31-30-24(35-25)19-3-2-4-19/h5-10,16,19H,2-4,11-15,17H2,1H3,(H,28,29,31). The number of carbonyl (C=O) groups excluding carboxylic acids is 1. The van der Waals surface area contributed by atoms with E-state index in [9.17, 15) is 4.79 Å². The normalized spacial score (nSPS) is 25.7. The summed E-state index contributed by atoms with van der Waals surface area (Å²) < 4.78 is 11.2. The van der Waals surface area contributed by atoms with Gasteiger partial charge in [-0.1, -0.05) is 42.0 Å². The van der Waals surface area contributed by atoms with Gasteiger partial charge in [-0.2, -0.15) is 0 Å². The maximum absolute atomic E-state index is 11.8. The number of ether oxygens (including phenoxy) is 2. The van der Waals surface area contributed by atoms with Gasteiger partial charge < -0.3 is 14.8 Å². The molecule has 1 N–H and O–H groups in total. The molecule has 0 radical (unpaired) electrons. The van der Waals surface area contributed by atoms with E-state index >= 15 is 0 Å². The Morgan fingerprint density at radius 3 is 2.46 bits per heavy atom. The third-order valence-corrected chi connectivity index (χ3v) is 9.19. The molecule has 4 heterocycles. The van der Waals surface area contributed by atoms with E-state index < -0.39 is 0 Å². The molecule has 0 atom stereocenters. The van der Waals surface area contributed by atoms with Crippen molar-refractivity contribution in [1.82, 2.24) is 15.2 Å². The van der Waals surface area contributed by atoms with Crippen molar-refractivity contribution in [3.05, 3.63) is 53.2 Å². The molecule has 7 rings (SSSR count). The Kier molecular flexibility index (Phi) is 5.81. The fourth-order valence-corrected chi connectivity index (χ4v) is 6.49. The molecule has 182 valence electrons. The first kappa shape index (κ1) is 22.6. The molecule has 3 aromatic rings. The summed E-state index contributed by atoms with van der Waals surface area (Å²) in [5, 5.41) is 13.8. The molecular weight excluding hydrogens is 460 g/mol. The van der Waals surface area contributed by atoms with Crippen molar-refractivity contribution in [3.63, 3.8) is 0 Å². The molecule has 4 fully saturated rings. The smallest absolute Gasteiger partial charge is 0.308 e. The van der Waals surface area contributed by atoms with Gasteiger partial charge in [-0.3, -0.25) is 4.79 Å². The van der Waals surface area contributed by atoms with Crippen LogP contribution in [0.15, 0.2) is 42.6 Å². The summed E-state index contributed by atoms with van der Waals surface area (Å²) in [7, 11) is 1.44. The summed E-state index contributed by atoms with van der Waals surface area (Å²) in [4.78, 5) is 16.4. The number of aromatic nitrogens is 3. The summed E-state index contributed by atoms with van der Waals surface area (Å²) >= 11 is 1.63. The van der Waals surface area contributed by atoms with E-state index in [1.807, 2.05) is 12.3 Å². The zero-order valence-corrected chi connectivity index (χ0v) is 20.8. The second-order valence-corrected chi connectivity index (χ2v) is 11.2. The van der Waals surface area contributed by atoms with Gasteiger partial charge in [0, 0.05) is 23.1 Å². The number of pyridine rings is 1. The minimum absolute atomic E-state index is 0.0442. The molecule has 0 spiro atoms. The van der Waals surface area contributed by atoms with E-state index in [4.69, 9.17) is 9.47 Å². The summed E-state index contributed by atoms with van der Waals surface area (Å²) in [5.41, 5.74) is 3.25. The Balaban J connectivity index is 1.10. The lowest BCUT2D eigenvalue weighted by atomic mass is 9.62. The summed E-state index contributed by atoms with van der Waals surface area (Å²) in [6.07, 6.45) is 9.89. The second kappa shape index (κ2) is 8.99. The summed E-state index contributed by atoms with van der Waals surface area (Å²) in [6, 6.07) is 12.9. The average Bonchev–Trinajstić information content (AvgIpc) is 3.32. The van der Waals surface area contributed by atoms with E-state index in [2.05, 4.69) is 50.8 Å². The fourth-order valence-electron chi connectivity index (χ4n) is 5.57. The molecule has 2 saturated heterocycles. The number of hydrogen-bond acceptors (Lipinski definition) is 8. The monoisotopic (exact) mass is 490 g/mol. The molecule has 2 aromatic heterocycles.